The van der Waals surface area contributed by atoms with E-state index in [0.29, 0.717) is 9.13 Å². The van der Waals surface area contributed by atoms with E-state index >= 15 is 0 Å². The maximum absolute atomic E-state index is 14.1. The van der Waals surface area contributed by atoms with Crippen LogP contribution >= 0.6 is 22.6 Å². The average Bonchev–Trinajstić information content (AvgIpc) is 2.95. The predicted octanol–water partition coefficient (Wildman–Crippen LogP) is 2.67. The van der Waals surface area contributed by atoms with Crippen LogP contribution in [0, 0.1) is 15.2 Å². The highest BCUT2D eigenvalue weighted by molar-refractivity contribution is 14.1. The Kier molecular flexibility index (Phi) is 5.68. The lowest BCUT2D eigenvalue weighted by Crippen LogP contribution is -2.49. The van der Waals surface area contributed by atoms with Gasteiger partial charge < -0.3 is 10.6 Å². The summed E-state index contributed by atoms with van der Waals surface area (Å²) < 4.78 is 27.8. The molecule has 1 heterocycles. The molecule has 3 rings (SSSR count). The van der Waals surface area contributed by atoms with E-state index in [0.717, 1.165) is 4.90 Å². The average molecular weight is 485 g/mol. The maximum Gasteiger partial charge on any atom is 0.325 e. The van der Waals surface area contributed by atoms with Crippen molar-refractivity contribution in [1.82, 2.24) is 10.2 Å². The van der Waals surface area contributed by atoms with Crippen LogP contribution in [0.2, 0.25) is 0 Å². The summed E-state index contributed by atoms with van der Waals surface area (Å²) in [6, 6.07) is 7.70. The molecule has 1 saturated heterocycles. The van der Waals surface area contributed by atoms with Crippen LogP contribution in [0.3, 0.4) is 0 Å². The lowest BCUT2D eigenvalue weighted by Gasteiger charge is -2.24. The molecule has 2 aromatic rings. The van der Waals surface area contributed by atoms with Crippen LogP contribution in [0.25, 0.3) is 0 Å². The zero-order chi connectivity index (χ0) is 19.6. The van der Waals surface area contributed by atoms with Gasteiger partial charge in [0.15, 0.2) is 0 Å². The molecule has 0 radical (unpaired) electrons. The number of rotatable bonds is 5. The first-order chi connectivity index (χ1) is 12.8. The molecule has 0 spiro atoms. The molecule has 1 unspecified atom stereocenters. The van der Waals surface area contributed by atoms with Crippen LogP contribution in [0.4, 0.5) is 19.3 Å². The first kappa shape index (κ1) is 19.2. The Balaban J connectivity index is 1.88. The van der Waals surface area contributed by atoms with Gasteiger partial charge >= 0.3 is 6.03 Å². The number of urea groups is 1. The van der Waals surface area contributed by atoms with Gasteiger partial charge in [-0.05, 0) is 58.5 Å². The first-order valence-corrected chi connectivity index (χ1v) is 9.03. The Bertz CT molecular complexity index is 889. The van der Waals surface area contributed by atoms with Gasteiger partial charge in [0.2, 0.25) is 5.91 Å². The summed E-state index contributed by atoms with van der Waals surface area (Å²) in [7, 11) is 0. The van der Waals surface area contributed by atoms with Crippen molar-refractivity contribution in [2.45, 2.75) is 12.5 Å². The molecule has 1 fully saturated rings. The minimum Gasteiger partial charge on any atom is -0.329 e. The number of carbonyl (C=O) groups is 3. The third kappa shape index (κ3) is 4.41. The molecule has 6 nitrogen and oxygen atoms in total. The fraction of sp³-hybridized carbons (Fsp3) is 0.167. The highest BCUT2D eigenvalue weighted by Crippen LogP contribution is 2.20. The standard InChI is InChI=1S/C18H14F2IN3O3/c19-11-3-1-10(2-4-11)7-15(24-16(25)9-22-18(24)27)17(26)23-14-6-5-12(21)8-13(14)20/h1-6,8,15H,7,9H2,(H,22,27)(H,23,26). The number of halogens is 3. The number of benzene rings is 2. The number of hydrogen-bond acceptors (Lipinski definition) is 3. The maximum atomic E-state index is 14.1. The van der Waals surface area contributed by atoms with Crippen molar-refractivity contribution in [3.05, 3.63) is 63.2 Å². The van der Waals surface area contributed by atoms with Gasteiger partial charge in [-0.2, -0.15) is 0 Å². The zero-order valence-corrected chi connectivity index (χ0v) is 16.0. The molecule has 1 aliphatic rings. The molecular formula is C18H14F2IN3O3. The van der Waals surface area contributed by atoms with E-state index in [1.807, 2.05) is 22.6 Å². The number of anilines is 1. The summed E-state index contributed by atoms with van der Waals surface area (Å²) >= 11 is 1.93. The molecule has 2 N–H and O–H groups in total. The quantitative estimate of drug-likeness (QED) is 0.505. The summed E-state index contributed by atoms with van der Waals surface area (Å²) in [6.45, 7) is -0.218. The monoisotopic (exact) mass is 485 g/mol. The van der Waals surface area contributed by atoms with Crippen LogP contribution < -0.4 is 10.6 Å². The Morgan fingerprint density at radius 2 is 1.89 bits per heavy atom. The summed E-state index contributed by atoms with van der Waals surface area (Å²) in [5, 5.41) is 4.78. The molecule has 0 aromatic heterocycles. The SMILES string of the molecule is O=C(Nc1ccc(I)cc1F)C(Cc1ccc(F)cc1)N1C(=O)CNC1=O. The summed E-state index contributed by atoms with van der Waals surface area (Å²) in [6.07, 6.45) is -0.0305. The highest BCUT2D eigenvalue weighted by Gasteiger charge is 2.39. The van der Waals surface area contributed by atoms with Gasteiger partial charge in [-0.15, -0.1) is 0 Å². The molecule has 140 valence electrons. The largest absolute Gasteiger partial charge is 0.329 e. The first-order valence-electron chi connectivity index (χ1n) is 7.95. The minimum absolute atomic E-state index is 0.0305. The second-order valence-corrected chi connectivity index (χ2v) is 7.13. The Morgan fingerprint density at radius 3 is 2.48 bits per heavy atom. The molecule has 0 saturated carbocycles. The molecule has 4 amide bonds. The number of nitrogens with zero attached hydrogens (tertiary/aromatic N) is 1. The lowest BCUT2D eigenvalue weighted by atomic mass is 10.0. The number of carbonyl (C=O) groups excluding carboxylic acids is 3. The van der Waals surface area contributed by atoms with Gasteiger partial charge in [0.1, 0.15) is 17.7 Å². The van der Waals surface area contributed by atoms with Crippen LogP contribution in [0.1, 0.15) is 5.56 Å². The van der Waals surface area contributed by atoms with Crippen LogP contribution in [0.5, 0.6) is 0 Å². The van der Waals surface area contributed by atoms with E-state index < -0.39 is 35.5 Å². The zero-order valence-electron chi connectivity index (χ0n) is 13.8. The van der Waals surface area contributed by atoms with Crippen molar-refractivity contribution in [3.63, 3.8) is 0 Å². The van der Waals surface area contributed by atoms with E-state index in [4.69, 9.17) is 0 Å². The number of amides is 4. The van der Waals surface area contributed by atoms with Gasteiger partial charge in [0, 0.05) is 9.99 Å². The number of hydrogen-bond donors (Lipinski definition) is 2. The molecule has 2 aromatic carbocycles. The van der Waals surface area contributed by atoms with Crippen LogP contribution in [-0.4, -0.2) is 35.3 Å². The third-order valence-corrected chi connectivity index (χ3v) is 4.69. The van der Waals surface area contributed by atoms with Crippen molar-refractivity contribution in [1.29, 1.82) is 0 Å². The Labute approximate surface area is 167 Å². The second kappa shape index (κ2) is 7.99. The lowest BCUT2D eigenvalue weighted by molar-refractivity contribution is -0.132. The third-order valence-electron chi connectivity index (χ3n) is 4.02. The van der Waals surface area contributed by atoms with Crippen molar-refractivity contribution < 1.29 is 23.2 Å². The molecule has 1 aliphatic heterocycles. The summed E-state index contributed by atoms with van der Waals surface area (Å²) in [4.78, 5) is 37.7. The summed E-state index contributed by atoms with van der Waals surface area (Å²) in [5.41, 5.74) is 0.490. The number of nitrogens with one attached hydrogen (secondary N) is 2. The van der Waals surface area contributed by atoms with E-state index in [1.54, 1.807) is 6.07 Å². The Morgan fingerprint density at radius 1 is 1.19 bits per heavy atom. The normalized spacial score (nSPS) is 14.9. The highest BCUT2D eigenvalue weighted by atomic mass is 127. The van der Waals surface area contributed by atoms with Gasteiger partial charge in [-0.25, -0.2) is 18.5 Å². The van der Waals surface area contributed by atoms with E-state index in [2.05, 4.69) is 10.6 Å². The van der Waals surface area contributed by atoms with Gasteiger partial charge in [0.05, 0.1) is 12.2 Å². The van der Waals surface area contributed by atoms with Crippen molar-refractivity contribution in [3.8, 4) is 0 Å². The minimum atomic E-state index is -1.20. The molecule has 0 bridgehead atoms. The smallest absolute Gasteiger partial charge is 0.325 e. The van der Waals surface area contributed by atoms with Crippen molar-refractivity contribution in [2.24, 2.45) is 0 Å². The Hall–Kier alpha value is -2.56. The fourth-order valence-corrected chi connectivity index (χ4v) is 3.16. The molecule has 27 heavy (non-hydrogen) atoms. The van der Waals surface area contributed by atoms with Crippen LogP contribution in [0.15, 0.2) is 42.5 Å². The van der Waals surface area contributed by atoms with Crippen molar-refractivity contribution >= 4 is 46.1 Å². The second-order valence-electron chi connectivity index (χ2n) is 5.88. The van der Waals surface area contributed by atoms with E-state index in [-0.39, 0.29) is 18.7 Å². The summed E-state index contributed by atoms with van der Waals surface area (Å²) in [5.74, 6) is -2.36. The van der Waals surface area contributed by atoms with Gasteiger partial charge in [0.25, 0.3) is 5.91 Å². The fourth-order valence-electron chi connectivity index (χ4n) is 2.70. The molecular weight excluding hydrogens is 471 g/mol. The van der Waals surface area contributed by atoms with Crippen LogP contribution in [-0.2, 0) is 16.0 Å². The van der Waals surface area contributed by atoms with E-state index in [9.17, 15) is 23.2 Å². The van der Waals surface area contributed by atoms with Gasteiger partial charge in [-0.1, -0.05) is 12.1 Å². The van der Waals surface area contributed by atoms with Gasteiger partial charge in [-0.3, -0.25) is 9.59 Å². The predicted molar refractivity (Wildman–Crippen MR) is 102 cm³/mol. The molecule has 9 heteroatoms. The number of imide groups is 1. The van der Waals surface area contributed by atoms with E-state index in [1.165, 1.54) is 36.4 Å². The van der Waals surface area contributed by atoms with Crippen molar-refractivity contribution in [2.75, 3.05) is 11.9 Å². The molecule has 1 atom stereocenters. The topological polar surface area (TPSA) is 78.5 Å². The molecule has 0 aliphatic carbocycles.